The Kier molecular flexibility index (Phi) is 6.32. The van der Waals surface area contributed by atoms with Crippen molar-refractivity contribution in [3.8, 4) is 5.75 Å². The molecule has 3 nitrogen and oxygen atoms in total. The van der Waals surface area contributed by atoms with Gasteiger partial charge in [0.15, 0.2) is 0 Å². The lowest BCUT2D eigenvalue weighted by Crippen LogP contribution is -2.10. The van der Waals surface area contributed by atoms with E-state index in [1.54, 1.807) is 0 Å². The quantitative estimate of drug-likeness (QED) is 0.435. The number of para-hydroxylation sites is 3. The lowest BCUT2D eigenvalue weighted by atomic mass is 10.0. The molecule has 0 bridgehead atoms. The highest BCUT2D eigenvalue weighted by Crippen LogP contribution is 2.27. The molecule has 0 aliphatic rings. The maximum Gasteiger partial charge on any atom is 0.122 e. The van der Waals surface area contributed by atoms with Crippen LogP contribution in [0.1, 0.15) is 56.8 Å². The first-order chi connectivity index (χ1) is 12.7. The van der Waals surface area contributed by atoms with Gasteiger partial charge in [0.2, 0.25) is 0 Å². The summed E-state index contributed by atoms with van der Waals surface area (Å²) in [5.74, 6) is 2.78. The molecule has 1 aromatic heterocycles. The van der Waals surface area contributed by atoms with Gasteiger partial charge in [-0.1, -0.05) is 44.2 Å². The van der Waals surface area contributed by atoms with Crippen molar-refractivity contribution in [3.63, 3.8) is 0 Å². The van der Waals surface area contributed by atoms with Gasteiger partial charge in [-0.25, -0.2) is 4.98 Å². The first kappa shape index (κ1) is 18.5. The second kappa shape index (κ2) is 8.88. The Morgan fingerprint density at radius 3 is 2.46 bits per heavy atom. The van der Waals surface area contributed by atoms with Gasteiger partial charge in [-0.15, -0.1) is 0 Å². The molecule has 3 rings (SSSR count). The van der Waals surface area contributed by atoms with E-state index in [0.717, 1.165) is 50.1 Å². The zero-order chi connectivity index (χ0) is 18.4. The van der Waals surface area contributed by atoms with Gasteiger partial charge in [-0.3, -0.25) is 0 Å². The molecule has 0 N–H and O–H groups in total. The van der Waals surface area contributed by atoms with Crippen molar-refractivity contribution in [2.45, 2.75) is 58.9 Å². The number of benzene rings is 2. The molecule has 0 saturated carbocycles. The van der Waals surface area contributed by atoms with Crippen LogP contribution in [-0.2, 0) is 6.54 Å². The number of hydrogen-bond donors (Lipinski definition) is 0. The third-order valence-electron chi connectivity index (χ3n) is 5.16. The number of nitrogens with zero attached hydrogens (tertiary/aromatic N) is 2. The standard InChI is InChI=1S/C23H30N2O/c1-4-19(5-2)23-24-20-13-7-8-14-21(20)25(23)16-10-11-17-26-22-15-9-6-12-18(22)3/h6-9,12-15,19H,4-5,10-11,16-17H2,1-3H3. The van der Waals surface area contributed by atoms with E-state index in [0.29, 0.717) is 5.92 Å². The molecule has 0 unspecified atom stereocenters. The fourth-order valence-electron chi connectivity index (χ4n) is 3.57. The Labute approximate surface area is 157 Å². The molecule has 0 spiro atoms. The number of aromatic nitrogens is 2. The summed E-state index contributed by atoms with van der Waals surface area (Å²) in [6, 6.07) is 16.7. The molecule has 26 heavy (non-hydrogen) atoms. The Hall–Kier alpha value is -2.29. The zero-order valence-corrected chi connectivity index (χ0v) is 16.2. The number of hydrogen-bond acceptors (Lipinski definition) is 2. The van der Waals surface area contributed by atoms with Crippen molar-refractivity contribution >= 4 is 11.0 Å². The van der Waals surface area contributed by atoms with Gasteiger partial charge >= 0.3 is 0 Å². The summed E-state index contributed by atoms with van der Waals surface area (Å²) in [7, 11) is 0. The minimum Gasteiger partial charge on any atom is -0.493 e. The molecular weight excluding hydrogens is 320 g/mol. The molecule has 138 valence electrons. The summed E-state index contributed by atoms with van der Waals surface area (Å²) in [5, 5.41) is 0. The normalized spacial score (nSPS) is 11.4. The van der Waals surface area contributed by atoms with E-state index in [-0.39, 0.29) is 0 Å². The number of fused-ring (bicyclic) bond motifs is 1. The van der Waals surface area contributed by atoms with Crippen LogP contribution in [0.2, 0.25) is 0 Å². The largest absolute Gasteiger partial charge is 0.493 e. The molecule has 2 aromatic carbocycles. The van der Waals surface area contributed by atoms with Gasteiger partial charge in [-0.2, -0.15) is 0 Å². The lowest BCUT2D eigenvalue weighted by molar-refractivity contribution is 0.301. The fourth-order valence-corrected chi connectivity index (χ4v) is 3.57. The molecule has 0 amide bonds. The predicted molar refractivity (Wildman–Crippen MR) is 109 cm³/mol. The first-order valence-electron chi connectivity index (χ1n) is 9.88. The van der Waals surface area contributed by atoms with Crippen LogP contribution in [-0.4, -0.2) is 16.2 Å². The van der Waals surface area contributed by atoms with Crippen LogP contribution < -0.4 is 4.74 Å². The van der Waals surface area contributed by atoms with Crippen LogP contribution >= 0.6 is 0 Å². The van der Waals surface area contributed by atoms with Gasteiger partial charge in [0.25, 0.3) is 0 Å². The van der Waals surface area contributed by atoms with E-state index in [2.05, 4.69) is 55.7 Å². The number of aryl methyl sites for hydroxylation is 2. The molecule has 0 aliphatic carbocycles. The maximum atomic E-state index is 5.94. The second-order valence-corrected chi connectivity index (χ2v) is 6.94. The van der Waals surface area contributed by atoms with E-state index < -0.39 is 0 Å². The average molecular weight is 351 g/mol. The number of imidazole rings is 1. The van der Waals surface area contributed by atoms with Gasteiger partial charge in [0, 0.05) is 12.5 Å². The molecule has 0 atom stereocenters. The van der Waals surface area contributed by atoms with Crippen LogP contribution in [0.5, 0.6) is 5.75 Å². The monoisotopic (exact) mass is 350 g/mol. The van der Waals surface area contributed by atoms with Crippen LogP contribution in [0.3, 0.4) is 0 Å². The van der Waals surface area contributed by atoms with Crippen molar-refractivity contribution in [2.24, 2.45) is 0 Å². The van der Waals surface area contributed by atoms with Crippen molar-refractivity contribution in [2.75, 3.05) is 6.61 Å². The smallest absolute Gasteiger partial charge is 0.122 e. The maximum absolute atomic E-state index is 5.94. The van der Waals surface area contributed by atoms with Gasteiger partial charge in [-0.05, 0) is 56.4 Å². The van der Waals surface area contributed by atoms with Crippen LogP contribution in [0, 0.1) is 6.92 Å². The predicted octanol–water partition coefficient (Wildman–Crippen LogP) is 6.11. The third kappa shape index (κ3) is 4.09. The lowest BCUT2D eigenvalue weighted by Gasteiger charge is -2.16. The zero-order valence-electron chi connectivity index (χ0n) is 16.2. The summed E-state index contributed by atoms with van der Waals surface area (Å²) in [5.41, 5.74) is 3.57. The minimum atomic E-state index is 0.533. The van der Waals surface area contributed by atoms with Crippen molar-refractivity contribution in [1.82, 2.24) is 9.55 Å². The number of unbranched alkanes of at least 4 members (excludes halogenated alkanes) is 1. The summed E-state index contributed by atoms with van der Waals surface area (Å²) < 4.78 is 8.37. The molecule has 0 radical (unpaired) electrons. The SMILES string of the molecule is CCC(CC)c1nc2ccccc2n1CCCCOc1ccccc1C. The van der Waals surface area contributed by atoms with Crippen LogP contribution in [0.4, 0.5) is 0 Å². The van der Waals surface area contributed by atoms with E-state index in [1.807, 2.05) is 18.2 Å². The Bertz CT molecular complexity index is 833. The van der Waals surface area contributed by atoms with Crippen molar-refractivity contribution < 1.29 is 4.74 Å². The van der Waals surface area contributed by atoms with Crippen molar-refractivity contribution in [1.29, 1.82) is 0 Å². The average Bonchev–Trinajstić information content (AvgIpc) is 3.02. The molecule has 1 heterocycles. The summed E-state index contributed by atoms with van der Waals surface area (Å²) in [4.78, 5) is 4.94. The number of ether oxygens (including phenoxy) is 1. The van der Waals surface area contributed by atoms with Crippen molar-refractivity contribution in [3.05, 3.63) is 59.9 Å². The van der Waals surface area contributed by atoms with E-state index in [1.165, 1.54) is 16.9 Å². The molecular formula is C23H30N2O. The van der Waals surface area contributed by atoms with E-state index in [4.69, 9.17) is 9.72 Å². The topological polar surface area (TPSA) is 27.1 Å². The molecule has 3 heteroatoms. The number of rotatable bonds is 9. The Morgan fingerprint density at radius 1 is 0.962 bits per heavy atom. The molecule has 0 saturated heterocycles. The fraction of sp³-hybridized carbons (Fsp3) is 0.435. The summed E-state index contributed by atoms with van der Waals surface area (Å²) in [6.07, 6.45) is 4.41. The van der Waals surface area contributed by atoms with Crippen LogP contribution in [0.15, 0.2) is 48.5 Å². The molecule has 0 aliphatic heterocycles. The van der Waals surface area contributed by atoms with Gasteiger partial charge in [0.1, 0.15) is 11.6 Å². The van der Waals surface area contributed by atoms with E-state index >= 15 is 0 Å². The minimum absolute atomic E-state index is 0.533. The Morgan fingerprint density at radius 2 is 1.69 bits per heavy atom. The molecule has 0 fully saturated rings. The van der Waals surface area contributed by atoms with E-state index in [9.17, 15) is 0 Å². The third-order valence-corrected chi connectivity index (χ3v) is 5.16. The van der Waals surface area contributed by atoms with Gasteiger partial charge in [0.05, 0.1) is 17.6 Å². The highest BCUT2D eigenvalue weighted by Gasteiger charge is 2.17. The second-order valence-electron chi connectivity index (χ2n) is 6.94. The summed E-state index contributed by atoms with van der Waals surface area (Å²) >= 11 is 0. The summed E-state index contributed by atoms with van der Waals surface area (Å²) in [6.45, 7) is 8.37. The highest BCUT2D eigenvalue weighted by atomic mass is 16.5. The van der Waals surface area contributed by atoms with Crippen LogP contribution in [0.25, 0.3) is 11.0 Å². The molecule has 3 aromatic rings. The Balaban J connectivity index is 1.64. The highest BCUT2D eigenvalue weighted by molar-refractivity contribution is 5.76. The van der Waals surface area contributed by atoms with Gasteiger partial charge < -0.3 is 9.30 Å². The first-order valence-corrected chi connectivity index (χ1v) is 9.88.